The predicted molar refractivity (Wildman–Crippen MR) is 156 cm³/mol. The summed E-state index contributed by atoms with van der Waals surface area (Å²) in [6.07, 6.45) is -0.284. The molecule has 3 amide bonds. The second-order valence-corrected chi connectivity index (χ2v) is 12.0. The Bertz CT molecular complexity index is 1480. The Hall–Kier alpha value is -4.71. The Balaban J connectivity index is 1.32. The Morgan fingerprint density at radius 3 is 2.19 bits per heavy atom. The molecule has 3 atom stereocenters. The first-order valence-corrected chi connectivity index (χ1v) is 14.6. The van der Waals surface area contributed by atoms with Gasteiger partial charge in [0, 0.05) is 0 Å². The van der Waals surface area contributed by atoms with Crippen molar-refractivity contribution in [2.24, 2.45) is 0 Å². The van der Waals surface area contributed by atoms with Crippen molar-refractivity contribution in [3.05, 3.63) is 107 Å². The normalized spacial score (nSPS) is 18.8. The second-order valence-electron chi connectivity index (χ2n) is 10.9. The number of rotatable bonds is 8. The number of hydrogen-bond acceptors (Lipinski definition) is 9. The van der Waals surface area contributed by atoms with Gasteiger partial charge in [0.2, 0.25) is 0 Å². The Kier molecular flexibility index (Phi) is 8.49. The first-order valence-electron chi connectivity index (χ1n) is 13.5. The lowest BCUT2D eigenvalue weighted by Gasteiger charge is -2.49. The van der Waals surface area contributed by atoms with Crippen molar-refractivity contribution in [1.29, 1.82) is 0 Å². The SMILES string of the molecule is CC(C)(C)OC(=O)NC(C(=O)N[C@@H]1C(=O)N2C(C(=O)OC(c3ccccc3)c3ccccc3)=C(O)CS[C@H]12)c1ccco1. The fourth-order valence-electron chi connectivity index (χ4n) is 4.72. The minimum atomic E-state index is -1.29. The molecule has 3 N–H and O–H groups in total. The van der Waals surface area contributed by atoms with E-state index in [1.807, 2.05) is 60.7 Å². The Labute approximate surface area is 252 Å². The van der Waals surface area contributed by atoms with Gasteiger partial charge in [-0.3, -0.25) is 14.5 Å². The number of nitrogens with zero attached hydrogens (tertiary/aromatic N) is 1. The summed E-state index contributed by atoms with van der Waals surface area (Å²) in [4.78, 5) is 53.8. The van der Waals surface area contributed by atoms with E-state index < -0.39 is 53.0 Å². The number of fused-ring (bicyclic) bond motifs is 1. The van der Waals surface area contributed by atoms with E-state index in [1.54, 1.807) is 26.8 Å². The van der Waals surface area contributed by atoms with Crippen LogP contribution in [0.1, 0.15) is 49.8 Å². The zero-order valence-electron chi connectivity index (χ0n) is 23.7. The van der Waals surface area contributed by atoms with Crippen LogP contribution in [0.2, 0.25) is 0 Å². The molecule has 43 heavy (non-hydrogen) atoms. The van der Waals surface area contributed by atoms with E-state index in [-0.39, 0.29) is 23.0 Å². The fourth-order valence-corrected chi connectivity index (χ4v) is 5.92. The van der Waals surface area contributed by atoms with Gasteiger partial charge in [-0.1, -0.05) is 60.7 Å². The van der Waals surface area contributed by atoms with Crippen molar-refractivity contribution in [1.82, 2.24) is 15.5 Å². The van der Waals surface area contributed by atoms with Crippen molar-refractivity contribution >= 4 is 35.6 Å². The second kappa shape index (κ2) is 12.3. The van der Waals surface area contributed by atoms with Gasteiger partial charge in [0.25, 0.3) is 11.8 Å². The lowest BCUT2D eigenvalue weighted by molar-refractivity contribution is -0.155. The number of esters is 1. The van der Waals surface area contributed by atoms with Crippen LogP contribution in [0.3, 0.4) is 0 Å². The number of aliphatic hydroxyl groups is 1. The summed E-state index contributed by atoms with van der Waals surface area (Å²) in [6.45, 7) is 5.05. The fraction of sp³-hybridized carbons (Fsp3) is 0.290. The van der Waals surface area contributed by atoms with Gasteiger partial charge in [-0.25, -0.2) is 9.59 Å². The number of carbonyl (C=O) groups excluding carboxylic acids is 4. The standard InChI is InChI=1S/C31H31N3O8S/c1-31(2,3)42-30(39)33-22(21-15-10-16-40-21)26(36)32-23-27(37)34-24(20(35)17-43-28(23)34)29(38)41-25(18-11-6-4-7-12-18)19-13-8-5-9-14-19/h4-16,22-23,25,28,35H,17H2,1-3H3,(H,32,36)(H,33,39)/t22?,23-,28-/m1/s1. The smallest absolute Gasteiger partial charge is 0.408 e. The third-order valence-electron chi connectivity index (χ3n) is 6.62. The first kappa shape index (κ1) is 29.8. The van der Waals surface area contributed by atoms with Gasteiger partial charge in [0.05, 0.1) is 12.0 Å². The number of alkyl carbamates (subject to hydrolysis) is 1. The number of ether oxygens (including phenoxy) is 2. The molecule has 0 aliphatic carbocycles. The van der Waals surface area contributed by atoms with Gasteiger partial charge in [0.15, 0.2) is 17.8 Å². The molecule has 224 valence electrons. The van der Waals surface area contributed by atoms with Crippen molar-refractivity contribution < 1.29 is 38.2 Å². The number of benzene rings is 2. The van der Waals surface area contributed by atoms with E-state index in [4.69, 9.17) is 13.9 Å². The molecule has 0 radical (unpaired) electrons. The summed E-state index contributed by atoms with van der Waals surface area (Å²) in [5.74, 6) is -2.35. The van der Waals surface area contributed by atoms with E-state index in [1.165, 1.54) is 24.1 Å². The van der Waals surface area contributed by atoms with Crippen molar-refractivity contribution in [2.75, 3.05) is 5.75 Å². The third kappa shape index (κ3) is 6.54. The van der Waals surface area contributed by atoms with Crippen LogP contribution in [0.4, 0.5) is 4.79 Å². The molecule has 1 fully saturated rings. The van der Waals surface area contributed by atoms with Crippen LogP contribution >= 0.6 is 11.8 Å². The van der Waals surface area contributed by atoms with Crippen molar-refractivity contribution in [3.8, 4) is 0 Å². The molecule has 3 heterocycles. The predicted octanol–water partition coefficient (Wildman–Crippen LogP) is 4.35. The maximum atomic E-state index is 13.5. The molecule has 1 aromatic heterocycles. The summed E-state index contributed by atoms with van der Waals surface area (Å²) in [5, 5.41) is 15.1. The van der Waals surface area contributed by atoms with Crippen LogP contribution in [-0.4, -0.2) is 56.7 Å². The van der Waals surface area contributed by atoms with Crippen molar-refractivity contribution in [3.63, 3.8) is 0 Å². The van der Waals surface area contributed by atoms with E-state index in [2.05, 4.69) is 10.6 Å². The molecule has 2 aliphatic rings. The number of aliphatic hydroxyl groups excluding tert-OH is 1. The average Bonchev–Trinajstić information content (AvgIpc) is 3.52. The first-order chi connectivity index (χ1) is 20.5. The topological polar surface area (TPSA) is 147 Å². The molecule has 1 saturated heterocycles. The number of β-lactam (4-membered cyclic amide) rings is 1. The minimum absolute atomic E-state index is 0.0182. The Morgan fingerprint density at radius 1 is 1.00 bits per heavy atom. The number of thioether (sulfide) groups is 1. The third-order valence-corrected chi connectivity index (χ3v) is 7.88. The van der Waals surface area contributed by atoms with Crippen LogP contribution in [-0.2, 0) is 23.9 Å². The van der Waals surface area contributed by atoms with Crippen LogP contribution in [0.25, 0.3) is 0 Å². The summed E-state index contributed by atoms with van der Waals surface area (Å²) in [7, 11) is 0. The van der Waals surface area contributed by atoms with Crippen molar-refractivity contribution in [2.45, 2.75) is 49.9 Å². The largest absolute Gasteiger partial charge is 0.509 e. The molecule has 3 aromatic rings. The number of nitrogens with one attached hydrogen (secondary N) is 2. The highest BCUT2D eigenvalue weighted by Crippen LogP contribution is 2.41. The van der Waals surface area contributed by atoms with E-state index in [9.17, 15) is 24.3 Å². The highest BCUT2D eigenvalue weighted by molar-refractivity contribution is 8.00. The molecular formula is C31H31N3O8S. The maximum absolute atomic E-state index is 13.5. The minimum Gasteiger partial charge on any atom is -0.509 e. The van der Waals surface area contributed by atoms with Crippen LogP contribution in [0.5, 0.6) is 0 Å². The van der Waals surface area contributed by atoms with Gasteiger partial charge in [0.1, 0.15) is 28.5 Å². The van der Waals surface area contributed by atoms with Crippen LogP contribution in [0.15, 0.2) is 94.9 Å². The molecule has 11 nitrogen and oxygen atoms in total. The van der Waals surface area contributed by atoms with Crippen LogP contribution < -0.4 is 10.6 Å². The highest BCUT2D eigenvalue weighted by atomic mass is 32.2. The molecule has 0 saturated carbocycles. The molecule has 5 rings (SSSR count). The van der Waals surface area contributed by atoms with Gasteiger partial charge < -0.3 is 29.6 Å². The Morgan fingerprint density at radius 2 is 1.63 bits per heavy atom. The quantitative estimate of drug-likeness (QED) is 0.252. The molecule has 0 spiro atoms. The molecule has 2 aromatic carbocycles. The number of furan rings is 1. The number of amides is 3. The molecule has 1 unspecified atom stereocenters. The molecular weight excluding hydrogens is 574 g/mol. The average molecular weight is 606 g/mol. The lowest BCUT2D eigenvalue weighted by atomic mass is 10.0. The van der Waals surface area contributed by atoms with Gasteiger partial charge in [-0.15, -0.1) is 11.8 Å². The van der Waals surface area contributed by atoms with Gasteiger partial charge >= 0.3 is 12.1 Å². The molecule has 12 heteroatoms. The van der Waals surface area contributed by atoms with Crippen LogP contribution in [0, 0.1) is 0 Å². The van der Waals surface area contributed by atoms with E-state index in [0.29, 0.717) is 11.1 Å². The monoisotopic (exact) mass is 605 g/mol. The van der Waals surface area contributed by atoms with E-state index >= 15 is 0 Å². The summed E-state index contributed by atoms with van der Waals surface area (Å²) in [6, 6.07) is 19.0. The summed E-state index contributed by atoms with van der Waals surface area (Å²) in [5.41, 5.74) is 0.345. The molecule has 2 aliphatic heterocycles. The summed E-state index contributed by atoms with van der Waals surface area (Å²) < 4.78 is 16.5. The number of carbonyl (C=O) groups is 4. The van der Waals surface area contributed by atoms with Gasteiger partial charge in [-0.2, -0.15) is 0 Å². The zero-order chi connectivity index (χ0) is 30.7. The molecule has 0 bridgehead atoms. The van der Waals surface area contributed by atoms with E-state index in [0.717, 1.165) is 4.90 Å². The zero-order valence-corrected chi connectivity index (χ0v) is 24.5. The highest BCUT2D eigenvalue weighted by Gasteiger charge is 2.55. The summed E-state index contributed by atoms with van der Waals surface area (Å²) >= 11 is 1.18. The van der Waals surface area contributed by atoms with Gasteiger partial charge in [-0.05, 0) is 44.0 Å². The maximum Gasteiger partial charge on any atom is 0.408 e. The lowest BCUT2D eigenvalue weighted by Crippen LogP contribution is -2.71. The number of hydrogen-bond donors (Lipinski definition) is 3.